The zero-order valence-electron chi connectivity index (χ0n) is 28.6. The van der Waals surface area contributed by atoms with Crippen LogP contribution in [-0.2, 0) is 0 Å². The average molecular weight is 678 g/mol. The van der Waals surface area contributed by atoms with Crippen molar-refractivity contribution in [2.75, 3.05) is 0 Å². The highest BCUT2D eigenvalue weighted by atomic mass is 16.3. The summed E-state index contributed by atoms with van der Waals surface area (Å²) < 4.78 is 6.18. The summed E-state index contributed by atoms with van der Waals surface area (Å²) in [5.41, 5.74) is 11.4. The van der Waals surface area contributed by atoms with E-state index in [0.29, 0.717) is 17.5 Å². The second-order valence-electron chi connectivity index (χ2n) is 13.2. The number of hydrogen-bond acceptors (Lipinski definition) is 4. The molecule has 10 aromatic rings. The Hall–Kier alpha value is -7.17. The lowest BCUT2D eigenvalue weighted by atomic mass is 9.95. The fourth-order valence-corrected chi connectivity index (χ4v) is 7.34. The number of rotatable bonds is 6. The van der Waals surface area contributed by atoms with Crippen LogP contribution in [0.2, 0.25) is 0 Å². The van der Waals surface area contributed by atoms with Gasteiger partial charge in [0.1, 0.15) is 11.2 Å². The highest BCUT2D eigenvalue weighted by Gasteiger charge is 2.17. The standard InChI is InChI=1S/C49H31N3O/c1-3-13-32(14-4-1)40-19-7-8-20-42(40)49-51-47(33-15-5-2-6-16-33)50-48(52-49)39-18-11-17-34(31-39)35-25-26-37-30-38(28-27-36(37)29-35)41-22-12-24-45-46(41)43-21-9-10-23-44(43)53-45/h1-31H. The molecule has 4 nitrogen and oxygen atoms in total. The van der Waals surface area contributed by atoms with Crippen molar-refractivity contribution in [1.29, 1.82) is 0 Å². The molecule has 2 aromatic heterocycles. The van der Waals surface area contributed by atoms with Gasteiger partial charge in [0.25, 0.3) is 0 Å². The summed E-state index contributed by atoms with van der Waals surface area (Å²) in [6, 6.07) is 65.2. The Kier molecular flexibility index (Phi) is 7.43. The van der Waals surface area contributed by atoms with E-state index in [2.05, 4.69) is 127 Å². The Labute approximate surface area is 306 Å². The van der Waals surface area contributed by atoms with Crippen molar-refractivity contribution < 1.29 is 4.42 Å². The number of para-hydroxylation sites is 1. The van der Waals surface area contributed by atoms with Gasteiger partial charge in [-0.1, -0.05) is 158 Å². The van der Waals surface area contributed by atoms with Gasteiger partial charge < -0.3 is 4.42 Å². The van der Waals surface area contributed by atoms with Crippen molar-refractivity contribution in [2.24, 2.45) is 0 Å². The first-order valence-electron chi connectivity index (χ1n) is 17.8. The van der Waals surface area contributed by atoms with Crippen LogP contribution >= 0.6 is 0 Å². The Balaban J connectivity index is 1.05. The molecular formula is C49H31N3O. The van der Waals surface area contributed by atoms with Crippen molar-refractivity contribution in [3.05, 3.63) is 188 Å². The summed E-state index contributed by atoms with van der Waals surface area (Å²) in [4.78, 5) is 15.2. The molecule has 0 unspecified atom stereocenters. The lowest BCUT2D eigenvalue weighted by molar-refractivity contribution is 0.669. The molecule has 8 aromatic carbocycles. The normalized spacial score (nSPS) is 11.4. The maximum atomic E-state index is 6.18. The van der Waals surface area contributed by atoms with Gasteiger partial charge in [0, 0.05) is 27.5 Å². The van der Waals surface area contributed by atoms with Crippen LogP contribution in [0.3, 0.4) is 0 Å². The van der Waals surface area contributed by atoms with Crippen LogP contribution in [0.25, 0.3) is 100 Å². The molecule has 248 valence electrons. The molecular weight excluding hydrogens is 647 g/mol. The van der Waals surface area contributed by atoms with E-state index in [9.17, 15) is 0 Å². The smallest absolute Gasteiger partial charge is 0.164 e. The van der Waals surface area contributed by atoms with Crippen molar-refractivity contribution in [3.8, 4) is 67.5 Å². The molecule has 0 fully saturated rings. The van der Waals surface area contributed by atoms with Crippen LogP contribution in [0.5, 0.6) is 0 Å². The number of nitrogens with zero attached hydrogens (tertiary/aromatic N) is 3. The number of furan rings is 1. The summed E-state index contributed by atoms with van der Waals surface area (Å²) in [6.07, 6.45) is 0. The molecule has 2 heterocycles. The number of benzene rings is 8. The van der Waals surface area contributed by atoms with E-state index in [0.717, 1.165) is 66.4 Å². The molecule has 53 heavy (non-hydrogen) atoms. The van der Waals surface area contributed by atoms with Gasteiger partial charge in [-0.05, 0) is 74.5 Å². The summed E-state index contributed by atoms with van der Waals surface area (Å²) in [6.45, 7) is 0. The van der Waals surface area contributed by atoms with Crippen molar-refractivity contribution in [1.82, 2.24) is 15.0 Å². The largest absolute Gasteiger partial charge is 0.456 e. The molecule has 0 aliphatic rings. The van der Waals surface area contributed by atoms with E-state index < -0.39 is 0 Å². The SMILES string of the molecule is c1ccc(-c2nc(-c3cccc(-c4ccc5cc(-c6cccc7oc8ccccc8c67)ccc5c4)c3)nc(-c3ccccc3-c3ccccc3)n2)cc1. The fraction of sp³-hybridized carbons (Fsp3) is 0. The summed E-state index contributed by atoms with van der Waals surface area (Å²) >= 11 is 0. The minimum atomic E-state index is 0.630. The van der Waals surface area contributed by atoms with Crippen LogP contribution in [0.15, 0.2) is 192 Å². The molecule has 0 spiro atoms. The molecule has 0 N–H and O–H groups in total. The van der Waals surface area contributed by atoms with Gasteiger partial charge >= 0.3 is 0 Å². The molecule has 0 radical (unpaired) electrons. The molecule has 0 saturated carbocycles. The molecule has 4 heteroatoms. The Bertz CT molecular complexity index is 2950. The van der Waals surface area contributed by atoms with Crippen molar-refractivity contribution in [3.63, 3.8) is 0 Å². The predicted octanol–water partition coefficient (Wildman–Crippen LogP) is 12.9. The van der Waals surface area contributed by atoms with Crippen molar-refractivity contribution >= 4 is 32.7 Å². The van der Waals surface area contributed by atoms with Gasteiger partial charge in [-0.3, -0.25) is 0 Å². The lowest BCUT2D eigenvalue weighted by Crippen LogP contribution is -2.01. The topological polar surface area (TPSA) is 51.8 Å². The van der Waals surface area contributed by atoms with Gasteiger partial charge in [-0.2, -0.15) is 0 Å². The average Bonchev–Trinajstić information content (AvgIpc) is 3.63. The second kappa shape index (κ2) is 12.9. The number of hydrogen-bond donors (Lipinski definition) is 0. The van der Waals surface area contributed by atoms with E-state index in [-0.39, 0.29) is 0 Å². The monoisotopic (exact) mass is 677 g/mol. The minimum Gasteiger partial charge on any atom is -0.456 e. The van der Waals surface area contributed by atoms with E-state index in [1.165, 1.54) is 16.3 Å². The lowest BCUT2D eigenvalue weighted by Gasteiger charge is -2.12. The van der Waals surface area contributed by atoms with Crippen LogP contribution in [0.1, 0.15) is 0 Å². The zero-order valence-corrected chi connectivity index (χ0v) is 28.6. The Morgan fingerprint density at radius 3 is 1.64 bits per heavy atom. The first-order chi connectivity index (χ1) is 26.2. The quantitative estimate of drug-likeness (QED) is 0.176. The Morgan fingerprint density at radius 2 is 0.830 bits per heavy atom. The predicted molar refractivity (Wildman–Crippen MR) is 217 cm³/mol. The van der Waals surface area contributed by atoms with Crippen molar-refractivity contribution in [2.45, 2.75) is 0 Å². The first-order valence-corrected chi connectivity index (χ1v) is 17.8. The third-order valence-electron chi connectivity index (χ3n) is 9.93. The van der Waals surface area contributed by atoms with Crippen LogP contribution in [-0.4, -0.2) is 15.0 Å². The van der Waals surface area contributed by atoms with E-state index in [1.807, 2.05) is 60.7 Å². The summed E-state index contributed by atoms with van der Waals surface area (Å²) in [5, 5.41) is 4.64. The van der Waals surface area contributed by atoms with Gasteiger partial charge in [-0.25, -0.2) is 15.0 Å². The van der Waals surface area contributed by atoms with E-state index >= 15 is 0 Å². The molecule has 0 amide bonds. The van der Waals surface area contributed by atoms with Crippen LogP contribution in [0, 0.1) is 0 Å². The van der Waals surface area contributed by atoms with Crippen LogP contribution in [0.4, 0.5) is 0 Å². The molecule has 0 aliphatic carbocycles. The highest BCUT2D eigenvalue weighted by molar-refractivity contribution is 6.13. The van der Waals surface area contributed by atoms with E-state index in [1.54, 1.807) is 0 Å². The third kappa shape index (κ3) is 5.63. The maximum absolute atomic E-state index is 6.18. The van der Waals surface area contributed by atoms with Gasteiger partial charge in [0.2, 0.25) is 0 Å². The second-order valence-corrected chi connectivity index (χ2v) is 13.2. The summed E-state index contributed by atoms with van der Waals surface area (Å²) in [5.74, 6) is 1.91. The summed E-state index contributed by atoms with van der Waals surface area (Å²) in [7, 11) is 0. The minimum absolute atomic E-state index is 0.630. The molecule has 0 bridgehead atoms. The molecule has 0 atom stereocenters. The zero-order chi connectivity index (χ0) is 35.1. The first kappa shape index (κ1) is 30.6. The maximum Gasteiger partial charge on any atom is 0.164 e. The number of aromatic nitrogens is 3. The Morgan fingerprint density at radius 1 is 0.302 bits per heavy atom. The van der Waals surface area contributed by atoms with Gasteiger partial charge in [0.05, 0.1) is 0 Å². The number of fused-ring (bicyclic) bond motifs is 4. The fourth-order valence-electron chi connectivity index (χ4n) is 7.34. The van der Waals surface area contributed by atoms with E-state index in [4.69, 9.17) is 19.4 Å². The molecule has 0 saturated heterocycles. The van der Waals surface area contributed by atoms with Gasteiger partial charge in [0.15, 0.2) is 17.5 Å². The van der Waals surface area contributed by atoms with Gasteiger partial charge in [-0.15, -0.1) is 0 Å². The molecule has 0 aliphatic heterocycles. The van der Waals surface area contributed by atoms with Crippen LogP contribution < -0.4 is 0 Å². The highest BCUT2D eigenvalue weighted by Crippen LogP contribution is 2.38. The molecule has 10 rings (SSSR count). The third-order valence-corrected chi connectivity index (χ3v) is 9.93.